The second-order valence-corrected chi connectivity index (χ2v) is 4.17. The van der Waals surface area contributed by atoms with Crippen LogP contribution in [0.5, 0.6) is 23.0 Å². The summed E-state index contributed by atoms with van der Waals surface area (Å²) in [6, 6.07) is 11.6. The van der Waals surface area contributed by atoms with E-state index in [4.69, 9.17) is 4.74 Å². The molecule has 82 valence electrons. The molecule has 0 aromatic heterocycles. The van der Waals surface area contributed by atoms with Crippen LogP contribution in [-0.4, -0.2) is 10.2 Å². The summed E-state index contributed by atoms with van der Waals surface area (Å²) in [6.45, 7) is 0. The molecule has 3 aromatic carbocycles. The van der Waals surface area contributed by atoms with Gasteiger partial charge in [-0.05, 0) is 16.8 Å². The Morgan fingerprint density at radius 3 is 2.47 bits per heavy atom. The van der Waals surface area contributed by atoms with Gasteiger partial charge in [-0.3, -0.25) is 0 Å². The molecule has 4 rings (SSSR count). The van der Waals surface area contributed by atoms with Crippen LogP contribution >= 0.6 is 0 Å². The van der Waals surface area contributed by atoms with Gasteiger partial charge in [-0.25, -0.2) is 0 Å². The van der Waals surface area contributed by atoms with Crippen molar-refractivity contribution in [2.75, 3.05) is 0 Å². The van der Waals surface area contributed by atoms with Crippen molar-refractivity contribution in [1.82, 2.24) is 0 Å². The summed E-state index contributed by atoms with van der Waals surface area (Å²) < 4.78 is 5.26. The molecule has 0 aliphatic carbocycles. The number of benzene rings is 3. The van der Waals surface area contributed by atoms with Crippen LogP contribution < -0.4 is 4.74 Å². The summed E-state index contributed by atoms with van der Waals surface area (Å²) in [5, 5.41) is 23.2. The number of ether oxygens (including phenoxy) is 1. The molecule has 3 heteroatoms. The highest BCUT2D eigenvalue weighted by atomic mass is 16.6. The molecule has 0 atom stereocenters. The predicted octanol–water partition coefficient (Wildman–Crippen LogP) is 3.51. The standard InChI is InChI=1S/C14H8O3/c15-11-9-6-5-7-3-1-2-4-8(7)10(9)13-14(17-13)12(11)16/h1-6,15-16H. The van der Waals surface area contributed by atoms with Crippen molar-refractivity contribution in [2.45, 2.75) is 0 Å². The third-order valence-electron chi connectivity index (χ3n) is 3.22. The van der Waals surface area contributed by atoms with Crippen molar-refractivity contribution < 1.29 is 14.9 Å². The SMILES string of the molecule is Oc1c2c(c3c(ccc4ccccc43)c1O)O2. The van der Waals surface area contributed by atoms with Crippen LogP contribution in [0.3, 0.4) is 0 Å². The second kappa shape index (κ2) is 2.63. The van der Waals surface area contributed by atoms with E-state index in [1.165, 1.54) is 0 Å². The molecule has 3 aromatic rings. The number of phenols is 2. The summed E-state index contributed by atoms with van der Waals surface area (Å²) >= 11 is 0. The second-order valence-electron chi connectivity index (χ2n) is 4.17. The van der Waals surface area contributed by atoms with Gasteiger partial charge in [0.1, 0.15) is 0 Å². The fourth-order valence-electron chi connectivity index (χ4n) is 2.35. The fourth-order valence-corrected chi connectivity index (χ4v) is 2.35. The topological polar surface area (TPSA) is 53.0 Å². The van der Waals surface area contributed by atoms with Gasteiger partial charge in [0.25, 0.3) is 0 Å². The maximum Gasteiger partial charge on any atom is 0.216 e. The molecule has 0 bridgehead atoms. The lowest BCUT2D eigenvalue weighted by atomic mass is 10.0. The largest absolute Gasteiger partial charge is 0.504 e. The quantitative estimate of drug-likeness (QED) is 0.273. The lowest BCUT2D eigenvalue weighted by Gasteiger charge is -2.03. The predicted molar refractivity (Wildman–Crippen MR) is 64.9 cm³/mol. The van der Waals surface area contributed by atoms with E-state index in [2.05, 4.69) is 0 Å². The first-order valence-electron chi connectivity index (χ1n) is 5.34. The monoisotopic (exact) mass is 224 g/mol. The molecule has 0 saturated heterocycles. The molecule has 2 N–H and O–H groups in total. The van der Waals surface area contributed by atoms with Gasteiger partial charge in [0.05, 0.1) is 0 Å². The molecule has 3 nitrogen and oxygen atoms in total. The smallest absolute Gasteiger partial charge is 0.216 e. The molecule has 0 fully saturated rings. The zero-order valence-electron chi connectivity index (χ0n) is 8.77. The lowest BCUT2D eigenvalue weighted by Crippen LogP contribution is -1.76. The van der Waals surface area contributed by atoms with E-state index >= 15 is 0 Å². The summed E-state index contributed by atoms with van der Waals surface area (Å²) in [7, 11) is 0. The number of hydrogen-bond donors (Lipinski definition) is 2. The number of rotatable bonds is 0. The minimum Gasteiger partial charge on any atom is -0.504 e. The van der Waals surface area contributed by atoms with E-state index in [-0.39, 0.29) is 11.5 Å². The maximum atomic E-state index is 9.90. The minimum absolute atomic E-state index is 0.109. The Balaban J connectivity index is 2.33. The van der Waals surface area contributed by atoms with Gasteiger partial charge >= 0.3 is 0 Å². The third-order valence-corrected chi connectivity index (χ3v) is 3.22. The van der Waals surface area contributed by atoms with Crippen molar-refractivity contribution in [3.8, 4) is 23.0 Å². The average Bonchev–Trinajstić information content (AvgIpc) is 3.15. The normalized spacial score (nSPS) is 12.5. The summed E-state index contributed by atoms with van der Waals surface area (Å²) in [4.78, 5) is 0. The molecule has 0 unspecified atom stereocenters. The van der Waals surface area contributed by atoms with Crippen molar-refractivity contribution in [2.24, 2.45) is 0 Å². The van der Waals surface area contributed by atoms with E-state index in [0.29, 0.717) is 16.9 Å². The van der Waals surface area contributed by atoms with E-state index in [1.807, 2.05) is 30.3 Å². The Morgan fingerprint density at radius 2 is 1.59 bits per heavy atom. The first kappa shape index (κ1) is 8.70. The Labute approximate surface area is 96.5 Å². The van der Waals surface area contributed by atoms with Crippen LogP contribution in [0.15, 0.2) is 36.4 Å². The summed E-state index contributed by atoms with van der Waals surface area (Å²) in [5.41, 5.74) is 0. The van der Waals surface area contributed by atoms with Crippen molar-refractivity contribution in [3.05, 3.63) is 36.4 Å². The van der Waals surface area contributed by atoms with E-state index < -0.39 is 0 Å². The Morgan fingerprint density at radius 1 is 0.765 bits per heavy atom. The first-order chi connectivity index (χ1) is 8.27. The van der Waals surface area contributed by atoms with Crippen LogP contribution in [0, 0.1) is 0 Å². The highest BCUT2D eigenvalue weighted by molar-refractivity contribution is 6.16. The minimum atomic E-state index is -0.164. The van der Waals surface area contributed by atoms with E-state index in [9.17, 15) is 10.2 Å². The molecule has 1 aliphatic heterocycles. The van der Waals surface area contributed by atoms with Gasteiger partial charge in [-0.2, -0.15) is 0 Å². The van der Waals surface area contributed by atoms with Crippen LogP contribution in [-0.2, 0) is 0 Å². The molecule has 1 aliphatic rings. The van der Waals surface area contributed by atoms with Gasteiger partial charge in [0, 0.05) is 10.8 Å². The van der Waals surface area contributed by atoms with Gasteiger partial charge < -0.3 is 14.9 Å². The number of aromatic hydroxyl groups is 2. The molecule has 0 radical (unpaired) electrons. The van der Waals surface area contributed by atoms with Gasteiger partial charge in [0.2, 0.25) is 11.5 Å². The highest BCUT2D eigenvalue weighted by Gasteiger charge is 2.33. The zero-order valence-corrected chi connectivity index (χ0v) is 8.77. The van der Waals surface area contributed by atoms with Crippen molar-refractivity contribution in [3.63, 3.8) is 0 Å². The van der Waals surface area contributed by atoms with Crippen molar-refractivity contribution >= 4 is 21.5 Å². The summed E-state index contributed by atoms with van der Waals surface area (Å²) in [5.74, 6) is 0.795. The van der Waals surface area contributed by atoms with Crippen LogP contribution in [0.1, 0.15) is 0 Å². The van der Waals surface area contributed by atoms with Gasteiger partial charge in [-0.15, -0.1) is 0 Å². The molecule has 0 amide bonds. The number of fused-ring (bicyclic) bond motifs is 5. The summed E-state index contributed by atoms with van der Waals surface area (Å²) in [6.07, 6.45) is 0. The van der Waals surface area contributed by atoms with E-state index in [0.717, 1.165) is 16.2 Å². The zero-order chi connectivity index (χ0) is 11.6. The Kier molecular flexibility index (Phi) is 1.35. The maximum absolute atomic E-state index is 9.90. The lowest BCUT2D eigenvalue weighted by molar-refractivity contribution is 0.403. The van der Waals surface area contributed by atoms with E-state index in [1.54, 1.807) is 6.07 Å². The molecule has 1 heterocycles. The Bertz CT molecular complexity index is 790. The van der Waals surface area contributed by atoms with Gasteiger partial charge in [-0.1, -0.05) is 30.3 Å². The number of phenolic OH excluding ortho intramolecular Hbond substituents is 2. The number of hydrogen-bond acceptors (Lipinski definition) is 3. The third kappa shape index (κ3) is 0.959. The molecule has 0 spiro atoms. The molecule has 17 heavy (non-hydrogen) atoms. The van der Waals surface area contributed by atoms with Crippen LogP contribution in [0.4, 0.5) is 0 Å². The first-order valence-corrected chi connectivity index (χ1v) is 5.34. The molecular weight excluding hydrogens is 216 g/mol. The van der Waals surface area contributed by atoms with Crippen LogP contribution in [0.25, 0.3) is 21.5 Å². The van der Waals surface area contributed by atoms with Crippen molar-refractivity contribution in [1.29, 1.82) is 0 Å². The van der Waals surface area contributed by atoms with Crippen LogP contribution in [0.2, 0.25) is 0 Å². The van der Waals surface area contributed by atoms with Gasteiger partial charge in [0.15, 0.2) is 11.5 Å². The highest BCUT2D eigenvalue weighted by Crippen LogP contribution is 2.62. The fraction of sp³-hybridized carbons (Fsp3) is 0. The average molecular weight is 224 g/mol. The molecular formula is C14H8O3. The molecule has 0 saturated carbocycles. The Hall–Kier alpha value is -2.42.